The molecule has 28 heavy (non-hydrogen) atoms. The molecule has 0 aliphatic carbocycles. The number of para-hydroxylation sites is 1. The molecule has 144 valence electrons. The zero-order valence-corrected chi connectivity index (χ0v) is 16.7. The molecule has 0 atom stereocenters. The molecular formula is C23H23ClN2O2. The van der Waals surface area contributed by atoms with Crippen molar-refractivity contribution >= 4 is 28.9 Å². The standard InChI is InChI=1S/C23H23ClN2O2/c1-16-8-9-17(2)21(12-16)26-23(27)15-28-22-11-10-18(13-20(22)24)14-25-19-6-4-3-5-7-19/h3-13,25H,14-15H2,1-2H3,(H,26,27). The summed E-state index contributed by atoms with van der Waals surface area (Å²) in [6.45, 7) is 4.49. The quantitative estimate of drug-likeness (QED) is 0.549. The molecule has 0 bridgehead atoms. The molecule has 3 aromatic carbocycles. The molecule has 0 unspecified atom stereocenters. The number of halogens is 1. The van der Waals surface area contributed by atoms with Crippen molar-refractivity contribution in [3.05, 3.63) is 88.4 Å². The highest BCUT2D eigenvalue weighted by atomic mass is 35.5. The van der Waals surface area contributed by atoms with Gasteiger partial charge >= 0.3 is 0 Å². The number of carbonyl (C=O) groups is 1. The number of ether oxygens (including phenoxy) is 1. The Hall–Kier alpha value is -2.98. The highest BCUT2D eigenvalue weighted by Gasteiger charge is 2.09. The van der Waals surface area contributed by atoms with Crippen molar-refractivity contribution in [3.63, 3.8) is 0 Å². The number of hydrogen-bond acceptors (Lipinski definition) is 3. The lowest BCUT2D eigenvalue weighted by molar-refractivity contribution is -0.118. The molecule has 0 heterocycles. The van der Waals surface area contributed by atoms with Crippen LogP contribution in [0.15, 0.2) is 66.7 Å². The molecule has 2 N–H and O–H groups in total. The summed E-state index contributed by atoms with van der Waals surface area (Å²) in [5, 5.41) is 6.68. The van der Waals surface area contributed by atoms with Crippen LogP contribution in [0, 0.1) is 13.8 Å². The lowest BCUT2D eigenvalue weighted by Crippen LogP contribution is -2.20. The first-order chi connectivity index (χ1) is 13.5. The van der Waals surface area contributed by atoms with E-state index in [0.717, 1.165) is 28.1 Å². The number of hydrogen-bond donors (Lipinski definition) is 2. The Labute approximate surface area is 170 Å². The van der Waals surface area contributed by atoms with Crippen molar-refractivity contribution in [1.29, 1.82) is 0 Å². The van der Waals surface area contributed by atoms with Crippen molar-refractivity contribution in [1.82, 2.24) is 0 Å². The Bertz CT molecular complexity index is 958. The van der Waals surface area contributed by atoms with Gasteiger partial charge in [-0.3, -0.25) is 4.79 Å². The summed E-state index contributed by atoms with van der Waals surface area (Å²) in [6, 6.07) is 21.4. The van der Waals surface area contributed by atoms with Gasteiger partial charge in [-0.1, -0.05) is 48.0 Å². The zero-order chi connectivity index (χ0) is 19.9. The minimum absolute atomic E-state index is 0.102. The maximum Gasteiger partial charge on any atom is 0.262 e. The van der Waals surface area contributed by atoms with Gasteiger partial charge in [-0.25, -0.2) is 0 Å². The summed E-state index contributed by atoms with van der Waals surface area (Å²) < 4.78 is 5.59. The predicted octanol–water partition coefficient (Wildman–Crippen LogP) is 5.59. The highest BCUT2D eigenvalue weighted by molar-refractivity contribution is 6.32. The number of rotatable bonds is 7. The average molecular weight is 395 g/mol. The molecular weight excluding hydrogens is 372 g/mol. The zero-order valence-electron chi connectivity index (χ0n) is 16.0. The maximum absolute atomic E-state index is 12.2. The van der Waals surface area contributed by atoms with E-state index >= 15 is 0 Å². The summed E-state index contributed by atoms with van der Waals surface area (Å²) in [4.78, 5) is 12.2. The topological polar surface area (TPSA) is 50.4 Å². The monoisotopic (exact) mass is 394 g/mol. The van der Waals surface area contributed by atoms with Crippen LogP contribution in [0.25, 0.3) is 0 Å². The van der Waals surface area contributed by atoms with Gasteiger partial charge in [0.05, 0.1) is 5.02 Å². The van der Waals surface area contributed by atoms with Gasteiger partial charge in [0.2, 0.25) is 0 Å². The summed E-state index contributed by atoms with van der Waals surface area (Å²) in [7, 11) is 0. The lowest BCUT2D eigenvalue weighted by atomic mass is 10.1. The molecule has 0 aliphatic rings. The Kier molecular flexibility index (Phi) is 6.56. The highest BCUT2D eigenvalue weighted by Crippen LogP contribution is 2.26. The van der Waals surface area contributed by atoms with Crippen molar-refractivity contribution in [2.75, 3.05) is 17.2 Å². The van der Waals surface area contributed by atoms with E-state index in [1.165, 1.54) is 0 Å². The van der Waals surface area contributed by atoms with E-state index in [-0.39, 0.29) is 12.5 Å². The van der Waals surface area contributed by atoms with Crippen LogP contribution in [0.4, 0.5) is 11.4 Å². The maximum atomic E-state index is 12.2. The van der Waals surface area contributed by atoms with Crippen molar-refractivity contribution in [3.8, 4) is 5.75 Å². The molecule has 0 aliphatic heterocycles. The fourth-order valence-corrected chi connectivity index (χ4v) is 2.99. The minimum Gasteiger partial charge on any atom is -0.482 e. The van der Waals surface area contributed by atoms with E-state index < -0.39 is 0 Å². The number of aryl methyl sites for hydroxylation is 2. The fraction of sp³-hybridized carbons (Fsp3) is 0.174. The van der Waals surface area contributed by atoms with Crippen LogP contribution in [0.5, 0.6) is 5.75 Å². The van der Waals surface area contributed by atoms with Crippen LogP contribution >= 0.6 is 11.6 Å². The lowest BCUT2D eigenvalue weighted by Gasteiger charge is -2.12. The first kappa shape index (κ1) is 19.8. The van der Waals surface area contributed by atoms with Crippen molar-refractivity contribution < 1.29 is 9.53 Å². The fourth-order valence-electron chi connectivity index (χ4n) is 2.73. The molecule has 0 radical (unpaired) electrons. The van der Waals surface area contributed by atoms with Gasteiger partial charge < -0.3 is 15.4 Å². The van der Waals surface area contributed by atoms with E-state index in [1.807, 2.05) is 74.5 Å². The first-order valence-corrected chi connectivity index (χ1v) is 9.46. The van der Waals surface area contributed by atoms with Gasteiger partial charge in [0.25, 0.3) is 5.91 Å². The number of benzene rings is 3. The van der Waals surface area contributed by atoms with E-state index in [2.05, 4.69) is 10.6 Å². The first-order valence-electron chi connectivity index (χ1n) is 9.08. The third-order valence-electron chi connectivity index (χ3n) is 4.29. The molecule has 0 aromatic heterocycles. The molecule has 3 aromatic rings. The predicted molar refractivity (Wildman–Crippen MR) is 115 cm³/mol. The number of nitrogens with one attached hydrogen (secondary N) is 2. The smallest absolute Gasteiger partial charge is 0.262 e. The summed E-state index contributed by atoms with van der Waals surface area (Å²) in [5.74, 6) is 0.265. The number of amides is 1. The third-order valence-corrected chi connectivity index (χ3v) is 4.59. The van der Waals surface area contributed by atoms with E-state index in [0.29, 0.717) is 17.3 Å². The largest absolute Gasteiger partial charge is 0.482 e. The van der Waals surface area contributed by atoms with Crippen LogP contribution in [-0.4, -0.2) is 12.5 Å². The second kappa shape index (κ2) is 9.29. The SMILES string of the molecule is Cc1ccc(C)c(NC(=O)COc2ccc(CNc3ccccc3)cc2Cl)c1. The van der Waals surface area contributed by atoms with Crippen molar-refractivity contribution in [2.45, 2.75) is 20.4 Å². The third kappa shape index (κ3) is 5.51. The Morgan fingerprint density at radius 3 is 2.54 bits per heavy atom. The summed E-state index contributed by atoms with van der Waals surface area (Å²) >= 11 is 6.32. The number of carbonyl (C=O) groups excluding carboxylic acids is 1. The van der Waals surface area contributed by atoms with Crippen LogP contribution in [0.1, 0.15) is 16.7 Å². The van der Waals surface area contributed by atoms with E-state index in [1.54, 1.807) is 6.07 Å². The molecule has 4 nitrogen and oxygen atoms in total. The molecule has 5 heteroatoms. The minimum atomic E-state index is -0.223. The Morgan fingerprint density at radius 1 is 1.00 bits per heavy atom. The average Bonchev–Trinajstić information content (AvgIpc) is 2.69. The summed E-state index contributed by atoms with van der Waals surface area (Å²) in [6.07, 6.45) is 0. The van der Waals surface area contributed by atoms with Gasteiger partial charge in [-0.05, 0) is 60.9 Å². The Balaban J connectivity index is 1.54. The van der Waals surface area contributed by atoms with Gasteiger partial charge in [0, 0.05) is 17.9 Å². The van der Waals surface area contributed by atoms with E-state index in [4.69, 9.17) is 16.3 Å². The van der Waals surface area contributed by atoms with Crippen LogP contribution in [-0.2, 0) is 11.3 Å². The van der Waals surface area contributed by atoms with E-state index in [9.17, 15) is 4.79 Å². The van der Waals surface area contributed by atoms with Gasteiger partial charge in [-0.2, -0.15) is 0 Å². The Morgan fingerprint density at radius 2 is 1.79 bits per heavy atom. The molecule has 0 saturated carbocycles. The van der Waals surface area contributed by atoms with Crippen molar-refractivity contribution in [2.24, 2.45) is 0 Å². The molecule has 0 saturated heterocycles. The molecule has 0 fully saturated rings. The van der Waals surface area contributed by atoms with Crippen LogP contribution < -0.4 is 15.4 Å². The normalized spacial score (nSPS) is 10.4. The number of anilines is 2. The molecule has 1 amide bonds. The summed E-state index contributed by atoms with van der Waals surface area (Å²) in [5.41, 5.74) is 4.96. The second-order valence-electron chi connectivity index (χ2n) is 6.64. The molecule has 0 spiro atoms. The van der Waals surface area contributed by atoms with Gasteiger partial charge in [0.1, 0.15) is 5.75 Å². The second-order valence-corrected chi connectivity index (χ2v) is 7.05. The molecule has 3 rings (SSSR count). The van der Waals surface area contributed by atoms with Gasteiger partial charge in [0.15, 0.2) is 6.61 Å². The van der Waals surface area contributed by atoms with Gasteiger partial charge in [-0.15, -0.1) is 0 Å². The van der Waals surface area contributed by atoms with Crippen LogP contribution in [0.3, 0.4) is 0 Å². The van der Waals surface area contributed by atoms with Crippen LogP contribution in [0.2, 0.25) is 5.02 Å².